The number of esters is 1. The maximum absolute atomic E-state index is 11.6. The van der Waals surface area contributed by atoms with Gasteiger partial charge in [0.1, 0.15) is 5.60 Å². The molecule has 1 rings (SSSR count). The third kappa shape index (κ3) is 11.6. The standard InChI is InChI=1S/C11H21NO2.C5H8F3NO2/c1-11(2,3)14-10(13)12-9-7-5-4-6-8-9;1-2-11-4(10)3(9)5(6,7)8/h9H,4-8H2,1-3H3,(H,12,13);3H,2,9H2,1H3. The van der Waals surface area contributed by atoms with Gasteiger partial charge in [0.2, 0.25) is 0 Å². The highest BCUT2D eigenvalue weighted by molar-refractivity contribution is 5.76. The summed E-state index contributed by atoms with van der Waals surface area (Å²) in [6, 6.07) is -2.19. The molecule has 0 aromatic rings. The number of nitrogens with two attached hydrogens (primary N) is 1. The lowest BCUT2D eigenvalue weighted by Crippen LogP contribution is -2.45. The summed E-state index contributed by atoms with van der Waals surface area (Å²) in [5.41, 5.74) is 4.09. The van der Waals surface area contributed by atoms with Gasteiger partial charge in [0.25, 0.3) is 0 Å². The number of carbonyl (C=O) groups is 2. The lowest BCUT2D eigenvalue weighted by molar-refractivity contribution is -0.178. The second kappa shape index (κ2) is 10.5. The van der Waals surface area contributed by atoms with Crippen molar-refractivity contribution in [3.05, 3.63) is 0 Å². The SMILES string of the molecule is CC(C)(C)OC(=O)NC1CCCCC1.CCOC(=O)C(N)C(F)(F)F. The molecule has 1 atom stereocenters. The predicted octanol–water partition coefficient (Wildman–Crippen LogP) is 3.28. The first-order valence-corrected chi connectivity index (χ1v) is 8.35. The largest absolute Gasteiger partial charge is 0.465 e. The molecule has 25 heavy (non-hydrogen) atoms. The van der Waals surface area contributed by atoms with E-state index >= 15 is 0 Å². The summed E-state index contributed by atoms with van der Waals surface area (Å²) in [6.07, 6.45) is 0.947. The van der Waals surface area contributed by atoms with Gasteiger partial charge >= 0.3 is 18.2 Å². The normalized spacial score (nSPS) is 17.0. The molecule has 9 heteroatoms. The highest BCUT2D eigenvalue weighted by Crippen LogP contribution is 2.19. The summed E-state index contributed by atoms with van der Waals surface area (Å²) in [7, 11) is 0. The average molecular weight is 370 g/mol. The van der Waals surface area contributed by atoms with Gasteiger partial charge in [-0.3, -0.25) is 4.79 Å². The second-order valence-corrected chi connectivity index (χ2v) is 6.75. The molecule has 1 unspecified atom stereocenters. The second-order valence-electron chi connectivity index (χ2n) is 6.75. The molecule has 148 valence electrons. The molecule has 0 bridgehead atoms. The van der Waals surface area contributed by atoms with Crippen LogP contribution in [0.4, 0.5) is 18.0 Å². The molecule has 0 aromatic carbocycles. The van der Waals surface area contributed by atoms with Crippen molar-refractivity contribution in [3.63, 3.8) is 0 Å². The molecule has 0 aliphatic heterocycles. The summed E-state index contributed by atoms with van der Waals surface area (Å²) in [5.74, 6) is -1.44. The lowest BCUT2D eigenvalue weighted by atomic mass is 9.96. The number of amides is 1. The number of alkyl carbamates (subject to hydrolysis) is 1. The highest BCUT2D eigenvalue weighted by atomic mass is 19.4. The zero-order valence-corrected chi connectivity index (χ0v) is 15.2. The minimum atomic E-state index is -4.72. The minimum absolute atomic E-state index is 0.109. The molecule has 0 aromatic heterocycles. The predicted molar refractivity (Wildman–Crippen MR) is 86.9 cm³/mol. The first-order valence-electron chi connectivity index (χ1n) is 8.35. The molecule has 0 saturated heterocycles. The van der Waals surface area contributed by atoms with Crippen LogP contribution in [0.5, 0.6) is 0 Å². The van der Waals surface area contributed by atoms with E-state index < -0.39 is 23.8 Å². The van der Waals surface area contributed by atoms with E-state index in [0.717, 1.165) is 12.8 Å². The van der Waals surface area contributed by atoms with Crippen LogP contribution in [0.2, 0.25) is 0 Å². The number of ether oxygens (including phenoxy) is 2. The molecule has 1 saturated carbocycles. The van der Waals surface area contributed by atoms with Crippen LogP contribution in [0.3, 0.4) is 0 Å². The summed E-state index contributed by atoms with van der Waals surface area (Å²) < 4.78 is 44.0. The van der Waals surface area contributed by atoms with E-state index in [1.54, 1.807) is 0 Å². The van der Waals surface area contributed by atoms with Gasteiger partial charge in [-0.05, 0) is 40.5 Å². The molecule has 3 N–H and O–H groups in total. The Labute approximate surface area is 146 Å². The van der Waals surface area contributed by atoms with Gasteiger partial charge in [-0.1, -0.05) is 19.3 Å². The van der Waals surface area contributed by atoms with Gasteiger partial charge in [0.05, 0.1) is 6.61 Å². The van der Waals surface area contributed by atoms with Crippen molar-refractivity contribution in [2.75, 3.05) is 6.61 Å². The maximum atomic E-state index is 11.6. The van der Waals surface area contributed by atoms with E-state index in [2.05, 4.69) is 15.8 Å². The summed E-state index contributed by atoms with van der Waals surface area (Å²) in [4.78, 5) is 21.7. The van der Waals surface area contributed by atoms with Crippen molar-refractivity contribution < 1.29 is 32.2 Å². The van der Waals surface area contributed by atoms with E-state index in [9.17, 15) is 22.8 Å². The molecule has 1 aliphatic rings. The van der Waals surface area contributed by atoms with Gasteiger partial charge in [-0.15, -0.1) is 0 Å². The van der Waals surface area contributed by atoms with E-state index in [0.29, 0.717) is 6.04 Å². The van der Waals surface area contributed by atoms with E-state index in [4.69, 9.17) is 4.74 Å². The number of nitrogens with one attached hydrogen (secondary N) is 1. The maximum Gasteiger partial charge on any atom is 0.414 e. The van der Waals surface area contributed by atoms with E-state index in [-0.39, 0.29) is 12.7 Å². The molecule has 0 heterocycles. The van der Waals surface area contributed by atoms with Gasteiger partial charge in [0.15, 0.2) is 6.04 Å². The van der Waals surface area contributed by atoms with Crippen LogP contribution >= 0.6 is 0 Å². The molecule has 1 amide bonds. The molecule has 6 nitrogen and oxygen atoms in total. The summed E-state index contributed by atoms with van der Waals surface area (Å²) >= 11 is 0. The number of carbonyl (C=O) groups excluding carboxylic acids is 2. The van der Waals surface area contributed by atoms with Crippen LogP contribution < -0.4 is 11.1 Å². The third-order valence-electron chi connectivity index (χ3n) is 3.22. The van der Waals surface area contributed by atoms with E-state index in [1.807, 2.05) is 20.8 Å². The first-order chi connectivity index (χ1) is 11.4. The van der Waals surface area contributed by atoms with Crippen molar-refractivity contribution in [1.82, 2.24) is 5.32 Å². The van der Waals surface area contributed by atoms with Gasteiger partial charge < -0.3 is 20.5 Å². The van der Waals surface area contributed by atoms with Gasteiger partial charge in [-0.25, -0.2) is 4.79 Å². The fraction of sp³-hybridized carbons (Fsp3) is 0.875. The Hall–Kier alpha value is -1.51. The molecule has 1 fully saturated rings. The van der Waals surface area contributed by atoms with Crippen molar-refractivity contribution >= 4 is 12.1 Å². The van der Waals surface area contributed by atoms with Crippen molar-refractivity contribution in [2.24, 2.45) is 5.73 Å². The zero-order chi connectivity index (χ0) is 19.7. The third-order valence-corrected chi connectivity index (χ3v) is 3.22. The topological polar surface area (TPSA) is 90.6 Å². The summed E-state index contributed by atoms with van der Waals surface area (Å²) in [6.45, 7) is 6.94. The summed E-state index contributed by atoms with van der Waals surface area (Å²) in [5, 5.41) is 2.91. The first kappa shape index (κ1) is 23.5. The molecule has 0 radical (unpaired) electrons. The Bertz CT molecular complexity index is 417. The number of halogens is 3. The fourth-order valence-corrected chi connectivity index (χ4v) is 2.09. The zero-order valence-electron chi connectivity index (χ0n) is 15.2. The van der Waals surface area contributed by atoms with Crippen LogP contribution in [0.1, 0.15) is 59.8 Å². The lowest BCUT2D eigenvalue weighted by Gasteiger charge is -2.25. The Morgan fingerprint density at radius 1 is 1.16 bits per heavy atom. The molecular formula is C16H29F3N2O4. The number of alkyl halides is 3. The Morgan fingerprint density at radius 2 is 1.68 bits per heavy atom. The minimum Gasteiger partial charge on any atom is -0.465 e. The molecule has 1 aliphatic carbocycles. The monoisotopic (exact) mass is 370 g/mol. The molecule has 0 spiro atoms. The fourth-order valence-electron chi connectivity index (χ4n) is 2.09. The Kier molecular flexibility index (Phi) is 9.84. The molecular weight excluding hydrogens is 341 g/mol. The van der Waals surface area contributed by atoms with Crippen LogP contribution in [0, 0.1) is 0 Å². The number of rotatable bonds is 3. The number of hydrogen-bond acceptors (Lipinski definition) is 5. The van der Waals surface area contributed by atoms with E-state index in [1.165, 1.54) is 26.2 Å². The van der Waals surface area contributed by atoms with Crippen LogP contribution in [-0.2, 0) is 14.3 Å². The Morgan fingerprint density at radius 3 is 2.08 bits per heavy atom. The van der Waals surface area contributed by atoms with Gasteiger partial charge in [-0.2, -0.15) is 13.2 Å². The van der Waals surface area contributed by atoms with Crippen molar-refractivity contribution in [1.29, 1.82) is 0 Å². The van der Waals surface area contributed by atoms with Crippen LogP contribution in [-0.4, -0.2) is 42.5 Å². The van der Waals surface area contributed by atoms with Crippen LogP contribution in [0.15, 0.2) is 0 Å². The van der Waals surface area contributed by atoms with Crippen molar-refractivity contribution in [2.45, 2.75) is 83.7 Å². The van der Waals surface area contributed by atoms with Crippen LogP contribution in [0.25, 0.3) is 0 Å². The smallest absolute Gasteiger partial charge is 0.414 e. The van der Waals surface area contributed by atoms with Gasteiger partial charge in [0, 0.05) is 6.04 Å². The highest BCUT2D eigenvalue weighted by Gasteiger charge is 2.43. The quantitative estimate of drug-likeness (QED) is 0.744. The average Bonchev–Trinajstić information content (AvgIpc) is 2.45. The number of hydrogen-bond donors (Lipinski definition) is 2. The van der Waals surface area contributed by atoms with Crippen molar-refractivity contribution in [3.8, 4) is 0 Å². The Balaban J connectivity index is 0.000000477.